The van der Waals surface area contributed by atoms with Crippen LogP contribution >= 0.6 is 0 Å². The summed E-state index contributed by atoms with van der Waals surface area (Å²) in [5.41, 5.74) is 12.2. The van der Waals surface area contributed by atoms with E-state index >= 15 is 0 Å². The molecule has 2 aliphatic rings. The summed E-state index contributed by atoms with van der Waals surface area (Å²) in [6.45, 7) is 2.03. The number of rotatable bonds is 5. The third-order valence-corrected chi connectivity index (χ3v) is 4.58. The molecule has 0 amide bonds. The number of hydrogen-bond acceptors (Lipinski definition) is 4. The molecule has 0 aliphatic heterocycles. The van der Waals surface area contributed by atoms with Crippen molar-refractivity contribution in [1.82, 2.24) is 10.6 Å². The molecule has 2 fully saturated rings. The van der Waals surface area contributed by atoms with Crippen molar-refractivity contribution < 1.29 is 0 Å². The number of nitrogens with two attached hydrogens (primary N) is 2. The molecule has 6 N–H and O–H groups in total. The molecule has 0 spiro atoms. The Hall–Kier alpha value is -0.160. The van der Waals surface area contributed by atoms with E-state index < -0.39 is 0 Å². The number of hydrogen-bond donors (Lipinski definition) is 4. The van der Waals surface area contributed by atoms with Crippen molar-refractivity contribution in [3.63, 3.8) is 0 Å². The lowest BCUT2D eigenvalue weighted by molar-refractivity contribution is 0.306. The van der Waals surface area contributed by atoms with Crippen LogP contribution in [0.2, 0.25) is 0 Å². The monoisotopic (exact) mass is 254 g/mol. The fraction of sp³-hybridized carbons (Fsp3) is 1.00. The summed E-state index contributed by atoms with van der Waals surface area (Å²) in [5.74, 6) is 0. The van der Waals surface area contributed by atoms with Gasteiger partial charge in [0.2, 0.25) is 0 Å². The van der Waals surface area contributed by atoms with Crippen LogP contribution in [0, 0.1) is 0 Å². The zero-order chi connectivity index (χ0) is 12.8. The molecule has 0 radical (unpaired) electrons. The van der Waals surface area contributed by atoms with Gasteiger partial charge in [0.15, 0.2) is 0 Å². The van der Waals surface area contributed by atoms with Crippen molar-refractivity contribution >= 4 is 0 Å². The van der Waals surface area contributed by atoms with Crippen molar-refractivity contribution in [2.24, 2.45) is 11.5 Å². The highest BCUT2D eigenvalue weighted by atomic mass is 15.0. The van der Waals surface area contributed by atoms with Gasteiger partial charge >= 0.3 is 0 Å². The molecule has 0 aromatic heterocycles. The third kappa shape index (κ3) is 4.19. The van der Waals surface area contributed by atoms with Crippen LogP contribution in [-0.2, 0) is 0 Å². The zero-order valence-electron chi connectivity index (χ0n) is 11.5. The lowest BCUT2D eigenvalue weighted by atomic mass is 9.90. The SMILES string of the molecule is N[C@H]1CCCCC1NCCNC1CCCC[C@@H]1N. The van der Waals surface area contributed by atoms with Gasteiger partial charge in [0.05, 0.1) is 0 Å². The Morgan fingerprint density at radius 3 is 1.44 bits per heavy atom. The van der Waals surface area contributed by atoms with Gasteiger partial charge in [-0.25, -0.2) is 0 Å². The Bertz CT molecular complexity index is 210. The minimum atomic E-state index is 0.357. The average Bonchev–Trinajstić information content (AvgIpc) is 2.38. The predicted octanol–water partition coefficient (Wildman–Crippen LogP) is 0.705. The highest BCUT2D eigenvalue weighted by molar-refractivity contribution is 4.86. The molecule has 18 heavy (non-hydrogen) atoms. The molecule has 4 heteroatoms. The molecule has 0 bridgehead atoms. The standard InChI is InChI=1S/C14H30N4/c15-11-5-1-3-7-13(11)17-9-10-18-14-8-4-2-6-12(14)16/h11-14,17-18H,1-10,15-16H2/t11-,12-,13?,14?/m0/s1. The molecule has 4 nitrogen and oxygen atoms in total. The highest BCUT2D eigenvalue weighted by Gasteiger charge is 2.22. The van der Waals surface area contributed by atoms with E-state index in [1.807, 2.05) is 0 Å². The van der Waals surface area contributed by atoms with E-state index in [1.165, 1.54) is 51.4 Å². The van der Waals surface area contributed by atoms with Crippen LogP contribution in [0.5, 0.6) is 0 Å². The van der Waals surface area contributed by atoms with Gasteiger partial charge in [0, 0.05) is 37.3 Å². The fourth-order valence-corrected chi connectivity index (χ4v) is 3.34. The lowest BCUT2D eigenvalue weighted by Crippen LogP contribution is -2.51. The molecule has 106 valence electrons. The molecule has 0 aromatic carbocycles. The normalized spacial score (nSPS) is 37.7. The Morgan fingerprint density at radius 2 is 1.06 bits per heavy atom. The van der Waals surface area contributed by atoms with Gasteiger partial charge in [-0.1, -0.05) is 25.7 Å². The second-order valence-electron chi connectivity index (χ2n) is 6.02. The van der Waals surface area contributed by atoms with Gasteiger partial charge in [-0.3, -0.25) is 0 Å². The summed E-state index contributed by atoms with van der Waals surface area (Å²) < 4.78 is 0. The Morgan fingerprint density at radius 1 is 0.667 bits per heavy atom. The fourth-order valence-electron chi connectivity index (χ4n) is 3.34. The van der Waals surface area contributed by atoms with Crippen LogP contribution in [0.4, 0.5) is 0 Å². The van der Waals surface area contributed by atoms with E-state index in [4.69, 9.17) is 11.5 Å². The zero-order valence-corrected chi connectivity index (χ0v) is 11.5. The summed E-state index contributed by atoms with van der Waals surface area (Å²) >= 11 is 0. The van der Waals surface area contributed by atoms with Gasteiger partial charge in [0.1, 0.15) is 0 Å². The van der Waals surface area contributed by atoms with Crippen molar-refractivity contribution in [2.45, 2.75) is 75.5 Å². The van der Waals surface area contributed by atoms with Crippen LogP contribution in [0.3, 0.4) is 0 Å². The topological polar surface area (TPSA) is 76.1 Å². The molecule has 2 rings (SSSR count). The molecule has 4 atom stereocenters. The maximum Gasteiger partial charge on any atom is 0.0219 e. The van der Waals surface area contributed by atoms with E-state index in [-0.39, 0.29) is 0 Å². The third-order valence-electron chi connectivity index (χ3n) is 4.58. The maximum atomic E-state index is 6.12. The van der Waals surface area contributed by atoms with Gasteiger partial charge in [-0.15, -0.1) is 0 Å². The molecular formula is C14H30N4. The van der Waals surface area contributed by atoms with Crippen molar-refractivity contribution in [1.29, 1.82) is 0 Å². The average molecular weight is 254 g/mol. The molecule has 2 saturated carbocycles. The van der Waals surface area contributed by atoms with Crippen LogP contribution in [0.1, 0.15) is 51.4 Å². The van der Waals surface area contributed by atoms with Crippen molar-refractivity contribution in [3.8, 4) is 0 Å². The Labute approximate surface area is 111 Å². The Balaban J connectivity index is 1.57. The molecule has 0 saturated heterocycles. The van der Waals surface area contributed by atoms with Gasteiger partial charge in [-0.05, 0) is 25.7 Å². The second kappa shape index (κ2) is 7.43. The summed E-state index contributed by atoms with van der Waals surface area (Å²) in [5, 5.41) is 7.19. The van der Waals surface area contributed by atoms with Crippen LogP contribution in [-0.4, -0.2) is 37.3 Å². The molecule has 0 heterocycles. The first kappa shape index (κ1) is 14.3. The minimum Gasteiger partial charge on any atom is -0.326 e. The van der Waals surface area contributed by atoms with Gasteiger partial charge in [-0.2, -0.15) is 0 Å². The first-order chi connectivity index (χ1) is 8.77. The van der Waals surface area contributed by atoms with E-state index in [9.17, 15) is 0 Å². The maximum absolute atomic E-state index is 6.12. The molecule has 2 aliphatic carbocycles. The van der Waals surface area contributed by atoms with Crippen LogP contribution in [0.15, 0.2) is 0 Å². The van der Waals surface area contributed by atoms with E-state index in [1.54, 1.807) is 0 Å². The summed E-state index contributed by atoms with van der Waals surface area (Å²) in [7, 11) is 0. The minimum absolute atomic E-state index is 0.357. The van der Waals surface area contributed by atoms with Crippen molar-refractivity contribution in [2.75, 3.05) is 13.1 Å². The smallest absolute Gasteiger partial charge is 0.0219 e. The summed E-state index contributed by atoms with van der Waals surface area (Å²) in [6.07, 6.45) is 10.1. The van der Waals surface area contributed by atoms with E-state index in [0.717, 1.165) is 13.1 Å². The molecule has 2 unspecified atom stereocenters. The van der Waals surface area contributed by atoms with E-state index in [2.05, 4.69) is 10.6 Å². The first-order valence-electron chi connectivity index (χ1n) is 7.75. The van der Waals surface area contributed by atoms with Gasteiger partial charge < -0.3 is 22.1 Å². The largest absolute Gasteiger partial charge is 0.326 e. The predicted molar refractivity (Wildman–Crippen MR) is 76.5 cm³/mol. The highest BCUT2D eigenvalue weighted by Crippen LogP contribution is 2.17. The van der Waals surface area contributed by atoms with Crippen LogP contribution < -0.4 is 22.1 Å². The first-order valence-corrected chi connectivity index (χ1v) is 7.75. The Kier molecular flexibility index (Phi) is 5.89. The van der Waals surface area contributed by atoms with Crippen molar-refractivity contribution in [3.05, 3.63) is 0 Å². The summed E-state index contributed by atoms with van der Waals surface area (Å²) in [4.78, 5) is 0. The molecule has 0 aromatic rings. The summed E-state index contributed by atoms with van der Waals surface area (Å²) in [6, 6.07) is 1.77. The quantitative estimate of drug-likeness (QED) is 0.545. The molecular weight excluding hydrogens is 224 g/mol. The van der Waals surface area contributed by atoms with Gasteiger partial charge in [0.25, 0.3) is 0 Å². The number of nitrogens with one attached hydrogen (secondary N) is 2. The van der Waals surface area contributed by atoms with Crippen LogP contribution in [0.25, 0.3) is 0 Å². The van der Waals surface area contributed by atoms with E-state index in [0.29, 0.717) is 24.2 Å². The lowest BCUT2D eigenvalue weighted by Gasteiger charge is -2.31. The second-order valence-corrected chi connectivity index (χ2v) is 6.02.